The predicted molar refractivity (Wildman–Crippen MR) is 83.4 cm³/mol. The summed E-state index contributed by atoms with van der Waals surface area (Å²) in [5, 5.41) is 8.64. The van der Waals surface area contributed by atoms with Crippen LogP contribution in [0.25, 0.3) is 0 Å². The summed E-state index contributed by atoms with van der Waals surface area (Å²) < 4.78 is 0. The molecule has 0 heterocycles. The summed E-state index contributed by atoms with van der Waals surface area (Å²) in [5.41, 5.74) is 5.17. The zero-order valence-corrected chi connectivity index (χ0v) is 13.7. The molecule has 3 N–H and O–H groups in total. The molecule has 120 valence electrons. The number of carboxylic acid groups (broad SMARTS) is 1. The fraction of sp³-hybridized carbons (Fsp3) is 0.875. The van der Waals surface area contributed by atoms with Gasteiger partial charge in [0.15, 0.2) is 0 Å². The molecule has 20 heavy (non-hydrogen) atoms. The number of primary amides is 1. The third kappa shape index (κ3) is 12.0. The van der Waals surface area contributed by atoms with E-state index in [1.807, 2.05) is 13.8 Å². The Morgan fingerprint density at radius 2 is 1.10 bits per heavy atom. The fourth-order valence-corrected chi connectivity index (χ4v) is 2.21. The Hall–Kier alpha value is -1.06. The SMILES string of the molecule is CCCC(CCC)C(=O)O.CCCC(CCC)C(N)=O. The van der Waals surface area contributed by atoms with Crippen LogP contribution in [-0.2, 0) is 9.59 Å². The number of hydrogen-bond acceptors (Lipinski definition) is 2. The van der Waals surface area contributed by atoms with Gasteiger partial charge in [0.05, 0.1) is 5.92 Å². The van der Waals surface area contributed by atoms with Crippen LogP contribution in [0.3, 0.4) is 0 Å². The molecule has 0 unspecified atom stereocenters. The van der Waals surface area contributed by atoms with Crippen LogP contribution in [0.4, 0.5) is 0 Å². The van der Waals surface area contributed by atoms with E-state index in [0.29, 0.717) is 0 Å². The van der Waals surface area contributed by atoms with Gasteiger partial charge in [0.25, 0.3) is 0 Å². The van der Waals surface area contributed by atoms with Crippen LogP contribution in [0.1, 0.15) is 79.1 Å². The third-order valence-electron chi connectivity index (χ3n) is 3.30. The standard InChI is InChI=1S/C8H17NO.C8H16O2/c2*1-3-5-7(6-4-2)8(9)10/h7H,3-6H2,1-2H3,(H2,9,10);7H,3-6H2,1-2H3,(H,9,10). The maximum Gasteiger partial charge on any atom is 0.306 e. The lowest BCUT2D eigenvalue weighted by Gasteiger charge is -2.09. The maximum absolute atomic E-state index is 10.7. The minimum atomic E-state index is -0.635. The Kier molecular flexibility index (Phi) is 15.2. The van der Waals surface area contributed by atoms with E-state index in [2.05, 4.69) is 13.8 Å². The Bertz CT molecular complexity index is 216. The molecule has 0 aromatic carbocycles. The summed E-state index contributed by atoms with van der Waals surface area (Å²) in [6.07, 6.45) is 7.58. The summed E-state index contributed by atoms with van der Waals surface area (Å²) in [5.74, 6) is -0.752. The van der Waals surface area contributed by atoms with Crippen molar-refractivity contribution in [1.29, 1.82) is 0 Å². The molecule has 4 nitrogen and oxygen atoms in total. The first-order chi connectivity index (χ1) is 9.44. The van der Waals surface area contributed by atoms with E-state index in [1.54, 1.807) is 0 Å². The molecule has 0 atom stereocenters. The van der Waals surface area contributed by atoms with Crippen molar-refractivity contribution < 1.29 is 14.7 Å². The first-order valence-corrected chi connectivity index (χ1v) is 7.96. The Balaban J connectivity index is 0. The van der Waals surface area contributed by atoms with Crippen molar-refractivity contribution in [3.05, 3.63) is 0 Å². The van der Waals surface area contributed by atoms with E-state index in [9.17, 15) is 9.59 Å². The van der Waals surface area contributed by atoms with Crippen molar-refractivity contribution in [2.75, 3.05) is 0 Å². The van der Waals surface area contributed by atoms with Gasteiger partial charge in [-0.15, -0.1) is 0 Å². The van der Waals surface area contributed by atoms with Crippen molar-refractivity contribution >= 4 is 11.9 Å². The molecule has 0 bridgehead atoms. The van der Waals surface area contributed by atoms with Crippen molar-refractivity contribution in [2.24, 2.45) is 17.6 Å². The van der Waals surface area contributed by atoms with Gasteiger partial charge in [0.1, 0.15) is 0 Å². The number of hydrogen-bond donors (Lipinski definition) is 2. The van der Waals surface area contributed by atoms with Crippen molar-refractivity contribution in [3.63, 3.8) is 0 Å². The molecule has 1 amide bonds. The van der Waals surface area contributed by atoms with Crippen LogP contribution in [-0.4, -0.2) is 17.0 Å². The molecule has 0 aromatic rings. The van der Waals surface area contributed by atoms with Crippen LogP contribution >= 0.6 is 0 Å². The molecule has 0 spiro atoms. The van der Waals surface area contributed by atoms with E-state index < -0.39 is 5.97 Å². The molecular formula is C16H33NO3. The van der Waals surface area contributed by atoms with Gasteiger partial charge in [0.2, 0.25) is 5.91 Å². The lowest BCUT2D eigenvalue weighted by molar-refractivity contribution is -0.142. The van der Waals surface area contributed by atoms with Gasteiger partial charge in [-0.25, -0.2) is 0 Å². The van der Waals surface area contributed by atoms with E-state index in [4.69, 9.17) is 10.8 Å². The second kappa shape index (κ2) is 14.4. The Morgan fingerprint density at radius 1 is 0.800 bits per heavy atom. The van der Waals surface area contributed by atoms with Crippen molar-refractivity contribution in [3.8, 4) is 0 Å². The van der Waals surface area contributed by atoms with E-state index in [0.717, 1.165) is 51.4 Å². The first-order valence-electron chi connectivity index (χ1n) is 7.96. The quantitative estimate of drug-likeness (QED) is 0.638. The number of carbonyl (C=O) groups is 2. The van der Waals surface area contributed by atoms with E-state index in [1.165, 1.54) is 0 Å². The first kappa shape index (κ1) is 21.2. The van der Waals surface area contributed by atoms with E-state index in [-0.39, 0.29) is 17.7 Å². The zero-order chi connectivity index (χ0) is 16.0. The van der Waals surface area contributed by atoms with Crippen LogP contribution in [0, 0.1) is 11.8 Å². The largest absolute Gasteiger partial charge is 0.481 e. The van der Waals surface area contributed by atoms with Gasteiger partial charge >= 0.3 is 5.97 Å². The minimum absolute atomic E-state index is 0.102. The maximum atomic E-state index is 10.7. The molecule has 0 aliphatic heterocycles. The summed E-state index contributed by atoms with van der Waals surface area (Å²) in [7, 11) is 0. The number of amides is 1. The zero-order valence-electron chi connectivity index (χ0n) is 13.7. The summed E-state index contributed by atoms with van der Waals surface area (Å²) in [6.45, 7) is 8.19. The number of rotatable bonds is 10. The predicted octanol–water partition coefficient (Wildman–Crippen LogP) is 3.98. The monoisotopic (exact) mass is 287 g/mol. The lowest BCUT2D eigenvalue weighted by Crippen LogP contribution is -2.22. The van der Waals surface area contributed by atoms with Gasteiger partial charge in [-0.3, -0.25) is 9.59 Å². The summed E-state index contributed by atoms with van der Waals surface area (Å²) in [6, 6.07) is 0. The normalized spacial score (nSPS) is 10.3. The molecular weight excluding hydrogens is 254 g/mol. The molecule has 0 saturated heterocycles. The third-order valence-corrected chi connectivity index (χ3v) is 3.30. The fourth-order valence-electron chi connectivity index (χ4n) is 2.21. The Labute approximate surface area is 124 Å². The smallest absolute Gasteiger partial charge is 0.306 e. The number of carboxylic acids is 1. The average Bonchev–Trinajstić information content (AvgIpc) is 2.38. The number of aliphatic carboxylic acids is 1. The summed E-state index contributed by atoms with van der Waals surface area (Å²) in [4.78, 5) is 21.2. The highest BCUT2D eigenvalue weighted by Gasteiger charge is 2.14. The molecule has 0 aromatic heterocycles. The van der Waals surface area contributed by atoms with Crippen LogP contribution in [0.2, 0.25) is 0 Å². The van der Waals surface area contributed by atoms with Gasteiger partial charge in [-0.2, -0.15) is 0 Å². The molecule has 4 heteroatoms. The van der Waals surface area contributed by atoms with Gasteiger partial charge in [-0.05, 0) is 25.7 Å². The molecule has 0 fully saturated rings. The molecule has 0 aliphatic carbocycles. The van der Waals surface area contributed by atoms with Gasteiger partial charge in [-0.1, -0.05) is 53.4 Å². The van der Waals surface area contributed by atoms with Crippen LogP contribution in [0.5, 0.6) is 0 Å². The van der Waals surface area contributed by atoms with E-state index >= 15 is 0 Å². The average molecular weight is 287 g/mol. The summed E-state index contributed by atoms with van der Waals surface area (Å²) >= 11 is 0. The molecule has 0 saturated carbocycles. The van der Waals surface area contributed by atoms with Gasteiger partial charge < -0.3 is 10.8 Å². The second-order valence-electron chi connectivity index (χ2n) is 5.29. The number of nitrogens with two attached hydrogens (primary N) is 1. The van der Waals surface area contributed by atoms with Crippen molar-refractivity contribution in [1.82, 2.24) is 0 Å². The minimum Gasteiger partial charge on any atom is -0.481 e. The van der Waals surface area contributed by atoms with Crippen molar-refractivity contribution in [2.45, 2.75) is 79.1 Å². The lowest BCUT2D eigenvalue weighted by atomic mass is 9.98. The van der Waals surface area contributed by atoms with Crippen LogP contribution in [0.15, 0.2) is 0 Å². The highest BCUT2D eigenvalue weighted by Crippen LogP contribution is 2.13. The molecule has 0 aliphatic rings. The molecule has 0 radical (unpaired) electrons. The topological polar surface area (TPSA) is 80.4 Å². The highest BCUT2D eigenvalue weighted by atomic mass is 16.4. The second-order valence-corrected chi connectivity index (χ2v) is 5.29. The molecule has 0 rings (SSSR count). The van der Waals surface area contributed by atoms with Crippen LogP contribution < -0.4 is 5.73 Å². The number of carbonyl (C=O) groups excluding carboxylic acids is 1. The highest BCUT2D eigenvalue weighted by molar-refractivity contribution is 5.76. The van der Waals surface area contributed by atoms with Gasteiger partial charge in [0, 0.05) is 5.92 Å². The Morgan fingerprint density at radius 3 is 1.30 bits per heavy atom.